The average molecular weight is 575 g/mol. The topological polar surface area (TPSA) is 79.6 Å². The number of imidazole rings is 1. The van der Waals surface area contributed by atoms with Gasteiger partial charge in [0.25, 0.3) is 0 Å². The van der Waals surface area contributed by atoms with Crippen molar-refractivity contribution in [3.8, 4) is 11.6 Å². The molecule has 1 saturated heterocycles. The lowest BCUT2D eigenvalue weighted by atomic mass is 10.1. The van der Waals surface area contributed by atoms with E-state index in [9.17, 15) is 0 Å². The zero-order valence-corrected chi connectivity index (χ0v) is 22.2. The van der Waals surface area contributed by atoms with Crippen LogP contribution in [0.4, 0.5) is 0 Å². The second kappa shape index (κ2) is 13.3. The van der Waals surface area contributed by atoms with E-state index in [0.717, 1.165) is 49.3 Å². The first-order valence-electron chi connectivity index (χ1n) is 11.6. The zero-order chi connectivity index (χ0) is 22.9. The van der Waals surface area contributed by atoms with E-state index < -0.39 is 0 Å². The van der Waals surface area contributed by atoms with Crippen molar-refractivity contribution >= 4 is 29.9 Å². The van der Waals surface area contributed by atoms with E-state index in [-0.39, 0.29) is 24.0 Å². The normalized spacial score (nSPS) is 14.9. The fourth-order valence-corrected chi connectivity index (χ4v) is 4.10. The maximum absolute atomic E-state index is 5.34. The highest BCUT2D eigenvalue weighted by Gasteiger charge is 2.23. The second-order valence-corrected chi connectivity index (χ2v) is 8.10. The molecule has 1 aliphatic rings. The number of benzene rings is 1. The van der Waals surface area contributed by atoms with Crippen molar-refractivity contribution in [1.29, 1.82) is 0 Å². The Balaban J connectivity index is 0.00000324. The first-order chi connectivity index (χ1) is 16.3. The molecule has 2 N–H and O–H groups in total. The minimum absolute atomic E-state index is 0. The standard InChI is InChI=1S/C25H33N7O.HI/c1-3-27-25(29-17-20-6-11-24(28-16-20)32-15-12-26-19-32)30-18-23(31-13-4-5-14-31)21-7-9-22(33-2)10-8-21;/h6-12,15-16,19,23H,3-5,13-14,17-18H2,1-2H3,(H2,27,29,30);1H. The monoisotopic (exact) mass is 575 g/mol. The summed E-state index contributed by atoms with van der Waals surface area (Å²) in [7, 11) is 1.70. The molecule has 1 atom stereocenters. The molecule has 0 aliphatic carbocycles. The highest BCUT2D eigenvalue weighted by molar-refractivity contribution is 14.0. The molecular formula is C25H34IN7O. The van der Waals surface area contributed by atoms with Crippen LogP contribution in [0.5, 0.6) is 5.75 Å². The quantitative estimate of drug-likeness (QED) is 0.230. The molecule has 8 nitrogen and oxygen atoms in total. The molecule has 1 aliphatic heterocycles. The summed E-state index contributed by atoms with van der Waals surface area (Å²) in [4.78, 5) is 15.9. The lowest BCUT2D eigenvalue weighted by molar-refractivity contribution is 0.245. The summed E-state index contributed by atoms with van der Waals surface area (Å²) in [5.41, 5.74) is 2.35. The summed E-state index contributed by atoms with van der Waals surface area (Å²) < 4.78 is 7.22. The Hall–Kier alpha value is -2.66. The smallest absolute Gasteiger partial charge is 0.191 e. The van der Waals surface area contributed by atoms with Gasteiger partial charge >= 0.3 is 0 Å². The Morgan fingerprint density at radius 2 is 1.91 bits per heavy atom. The summed E-state index contributed by atoms with van der Waals surface area (Å²) in [6, 6.07) is 12.7. The molecule has 1 aromatic carbocycles. The Labute approximate surface area is 218 Å². The van der Waals surface area contributed by atoms with E-state index in [1.54, 1.807) is 19.6 Å². The first-order valence-corrected chi connectivity index (χ1v) is 11.6. The van der Waals surface area contributed by atoms with Gasteiger partial charge in [-0.15, -0.1) is 24.0 Å². The Morgan fingerprint density at radius 3 is 2.53 bits per heavy atom. The van der Waals surface area contributed by atoms with Crippen LogP contribution in [0.25, 0.3) is 5.82 Å². The van der Waals surface area contributed by atoms with Crippen LogP contribution in [0.15, 0.2) is 66.3 Å². The maximum Gasteiger partial charge on any atom is 0.191 e. The molecule has 0 saturated carbocycles. The molecule has 9 heteroatoms. The van der Waals surface area contributed by atoms with Crippen LogP contribution in [0, 0.1) is 0 Å². The second-order valence-electron chi connectivity index (χ2n) is 8.10. The van der Waals surface area contributed by atoms with Gasteiger partial charge in [0.2, 0.25) is 0 Å². The summed E-state index contributed by atoms with van der Waals surface area (Å²) >= 11 is 0. The van der Waals surface area contributed by atoms with Crippen molar-refractivity contribution in [3.63, 3.8) is 0 Å². The number of halogens is 1. The average Bonchev–Trinajstić information content (AvgIpc) is 3.58. The van der Waals surface area contributed by atoms with Crippen molar-refractivity contribution in [2.45, 2.75) is 32.4 Å². The minimum atomic E-state index is 0. The number of hydrogen-bond donors (Lipinski definition) is 2. The third-order valence-electron chi connectivity index (χ3n) is 5.89. The molecule has 3 heterocycles. The van der Waals surface area contributed by atoms with E-state index in [2.05, 4.69) is 50.6 Å². The predicted molar refractivity (Wildman–Crippen MR) is 146 cm³/mol. The third kappa shape index (κ3) is 6.92. The largest absolute Gasteiger partial charge is 0.497 e. The van der Waals surface area contributed by atoms with Gasteiger partial charge in [0, 0.05) is 31.7 Å². The molecule has 182 valence electrons. The van der Waals surface area contributed by atoms with Crippen LogP contribution in [0.3, 0.4) is 0 Å². The molecule has 0 bridgehead atoms. The molecule has 4 rings (SSSR count). The molecule has 0 amide bonds. The fraction of sp³-hybridized carbons (Fsp3) is 0.400. The number of hydrogen-bond acceptors (Lipinski definition) is 5. The number of ether oxygens (including phenoxy) is 1. The fourth-order valence-electron chi connectivity index (χ4n) is 4.10. The number of aromatic nitrogens is 3. The number of methoxy groups -OCH3 is 1. The van der Waals surface area contributed by atoms with Gasteiger partial charge in [-0.1, -0.05) is 18.2 Å². The molecule has 1 unspecified atom stereocenters. The van der Waals surface area contributed by atoms with E-state index in [0.29, 0.717) is 12.6 Å². The number of aliphatic imine (C=N–C) groups is 1. The SMILES string of the molecule is CCNC(=NCc1ccc(-n2ccnc2)nc1)NCC(c1ccc(OC)cc1)N1CCCC1.I. The van der Waals surface area contributed by atoms with Crippen LogP contribution in [-0.4, -0.2) is 58.7 Å². The van der Waals surface area contributed by atoms with Gasteiger partial charge in [-0.2, -0.15) is 0 Å². The van der Waals surface area contributed by atoms with Gasteiger partial charge in [-0.25, -0.2) is 15.0 Å². The van der Waals surface area contributed by atoms with Crippen LogP contribution >= 0.6 is 24.0 Å². The molecule has 2 aromatic heterocycles. The van der Waals surface area contributed by atoms with Gasteiger partial charge in [-0.3, -0.25) is 9.47 Å². The summed E-state index contributed by atoms with van der Waals surface area (Å²) in [5, 5.41) is 6.93. The highest BCUT2D eigenvalue weighted by Crippen LogP contribution is 2.26. The molecule has 0 radical (unpaired) electrons. The summed E-state index contributed by atoms with van der Waals surface area (Å²) in [6.07, 6.45) is 9.74. The van der Waals surface area contributed by atoms with E-state index in [1.807, 2.05) is 35.2 Å². The minimum Gasteiger partial charge on any atom is -0.497 e. The number of nitrogens with one attached hydrogen (secondary N) is 2. The van der Waals surface area contributed by atoms with Crippen LogP contribution in [0.1, 0.15) is 36.9 Å². The molecular weight excluding hydrogens is 541 g/mol. The Kier molecular flexibility index (Phi) is 10.1. The van der Waals surface area contributed by atoms with Gasteiger partial charge in [-0.05, 0) is 62.2 Å². The molecule has 34 heavy (non-hydrogen) atoms. The molecule has 0 spiro atoms. The van der Waals surface area contributed by atoms with Gasteiger partial charge in [0.1, 0.15) is 17.9 Å². The third-order valence-corrected chi connectivity index (χ3v) is 5.89. The number of guanidine groups is 1. The van der Waals surface area contributed by atoms with E-state index in [1.165, 1.54) is 18.4 Å². The summed E-state index contributed by atoms with van der Waals surface area (Å²) in [5.74, 6) is 2.54. The van der Waals surface area contributed by atoms with Gasteiger partial charge in [0.15, 0.2) is 5.96 Å². The van der Waals surface area contributed by atoms with Crippen LogP contribution in [-0.2, 0) is 6.54 Å². The molecule has 1 fully saturated rings. The van der Waals surface area contributed by atoms with Crippen LogP contribution < -0.4 is 15.4 Å². The predicted octanol–water partition coefficient (Wildman–Crippen LogP) is 3.79. The lowest BCUT2D eigenvalue weighted by Crippen LogP contribution is -2.42. The van der Waals surface area contributed by atoms with Crippen molar-refractivity contribution < 1.29 is 4.74 Å². The van der Waals surface area contributed by atoms with Crippen molar-refractivity contribution in [2.24, 2.45) is 4.99 Å². The van der Waals surface area contributed by atoms with E-state index >= 15 is 0 Å². The number of nitrogens with zero attached hydrogens (tertiary/aromatic N) is 5. The number of likely N-dealkylation sites (tertiary alicyclic amines) is 1. The zero-order valence-electron chi connectivity index (χ0n) is 19.9. The van der Waals surface area contributed by atoms with Crippen LogP contribution in [0.2, 0.25) is 0 Å². The maximum atomic E-state index is 5.34. The molecule has 3 aromatic rings. The Bertz CT molecular complexity index is 1000. The summed E-state index contributed by atoms with van der Waals surface area (Å²) in [6.45, 7) is 6.49. The van der Waals surface area contributed by atoms with Crippen molar-refractivity contribution in [3.05, 3.63) is 72.4 Å². The van der Waals surface area contributed by atoms with Crippen molar-refractivity contribution in [2.75, 3.05) is 33.3 Å². The lowest BCUT2D eigenvalue weighted by Gasteiger charge is -2.29. The number of pyridine rings is 1. The van der Waals surface area contributed by atoms with E-state index in [4.69, 9.17) is 9.73 Å². The highest BCUT2D eigenvalue weighted by atomic mass is 127. The van der Waals surface area contributed by atoms with Gasteiger partial charge in [0.05, 0.1) is 19.7 Å². The first kappa shape index (κ1) is 26.0. The van der Waals surface area contributed by atoms with Crippen molar-refractivity contribution in [1.82, 2.24) is 30.1 Å². The number of rotatable bonds is 9. The van der Waals surface area contributed by atoms with Gasteiger partial charge < -0.3 is 15.4 Å². The Morgan fingerprint density at radius 1 is 1.12 bits per heavy atom.